The minimum atomic E-state index is -4.20. The second-order valence-electron chi connectivity index (χ2n) is 5.26. The number of alkyl halides is 3. The molecule has 0 aromatic carbocycles. The highest BCUT2D eigenvalue weighted by Crippen LogP contribution is 2.40. The van der Waals surface area contributed by atoms with Crippen molar-refractivity contribution in [2.75, 3.05) is 26.3 Å². The van der Waals surface area contributed by atoms with Gasteiger partial charge in [0.25, 0.3) is 0 Å². The van der Waals surface area contributed by atoms with Gasteiger partial charge in [-0.05, 0) is 37.6 Å². The average molecular weight is 267 g/mol. The third kappa shape index (κ3) is 6.05. The van der Waals surface area contributed by atoms with Crippen LogP contribution in [0, 0.1) is 5.41 Å². The van der Waals surface area contributed by atoms with Crippen LogP contribution in [-0.4, -0.2) is 32.5 Å². The molecule has 1 saturated carbocycles. The van der Waals surface area contributed by atoms with Crippen LogP contribution in [0.25, 0.3) is 0 Å². The topological polar surface area (TPSA) is 21.3 Å². The number of hydrogen-bond acceptors (Lipinski definition) is 2. The van der Waals surface area contributed by atoms with Gasteiger partial charge < -0.3 is 10.1 Å². The molecule has 0 amide bonds. The summed E-state index contributed by atoms with van der Waals surface area (Å²) in [6.45, 7) is 2.99. The van der Waals surface area contributed by atoms with Crippen LogP contribution < -0.4 is 5.32 Å². The van der Waals surface area contributed by atoms with Crippen LogP contribution in [0.15, 0.2) is 0 Å². The minimum Gasteiger partial charge on any atom is -0.372 e. The van der Waals surface area contributed by atoms with Crippen molar-refractivity contribution in [3.63, 3.8) is 0 Å². The number of halogens is 3. The smallest absolute Gasteiger partial charge is 0.372 e. The maximum atomic E-state index is 11.8. The summed E-state index contributed by atoms with van der Waals surface area (Å²) < 4.78 is 39.9. The summed E-state index contributed by atoms with van der Waals surface area (Å²) in [4.78, 5) is 0. The van der Waals surface area contributed by atoms with E-state index in [4.69, 9.17) is 0 Å². The lowest BCUT2D eigenvalue weighted by Crippen LogP contribution is -2.32. The molecule has 0 saturated heterocycles. The Kier molecular flexibility index (Phi) is 6.43. The fourth-order valence-corrected chi connectivity index (χ4v) is 2.62. The lowest BCUT2D eigenvalue weighted by molar-refractivity contribution is -0.173. The third-order valence-electron chi connectivity index (χ3n) is 3.82. The van der Waals surface area contributed by atoms with Crippen LogP contribution in [0.4, 0.5) is 13.2 Å². The van der Waals surface area contributed by atoms with E-state index < -0.39 is 12.8 Å². The monoisotopic (exact) mass is 267 g/mol. The molecule has 0 spiro atoms. The standard InChI is InChI=1S/C13H24F3NO/c1-2-12(6-3-4-7-12)10-17-8-5-9-18-11-13(14,15)16/h17H,2-11H2,1H3. The molecule has 5 heteroatoms. The summed E-state index contributed by atoms with van der Waals surface area (Å²) >= 11 is 0. The van der Waals surface area contributed by atoms with Crippen molar-refractivity contribution < 1.29 is 17.9 Å². The van der Waals surface area contributed by atoms with Crippen LogP contribution in [0.5, 0.6) is 0 Å². The summed E-state index contributed by atoms with van der Waals surface area (Å²) in [5.41, 5.74) is 0.437. The molecule has 1 fully saturated rings. The van der Waals surface area contributed by atoms with Gasteiger partial charge in [-0.15, -0.1) is 0 Å². The predicted octanol–water partition coefficient (Wildman–Crippen LogP) is 3.52. The summed E-state index contributed by atoms with van der Waals surface area (Å²) in [6, 6.07) is 0. The van der Waals surface area contributed by atoms with E-state index in [0.717, 1.165) is 13.1 Å². The first kappa shape index (κ1) is 15.8. The first-order valence-electron chi connectivity index (χ1n) is 6.83. The molecule has 1 rings (SSSR count). The largest absolute Gasteiger partial charge is 0.411 e. The Balaban J connectivity index is 1.98. The average Bonchev–Trinajstić information content (AvgIpc) is 2.76. The molecule has 1 aliphatic rings. The van der Waals surface area contributed by atoms with Crippen LogP contribution >= 0.6 is 0 Å². The Hall–Kier alpha value is -0.290. The Morgan fingerprint density at radius 3 is 2.44 bits per heavy atom. The second kappa shape index (κ2) is 7.34. The van der Waals surface area contributed by atoms with E-state index in [1.165, 1.54) is 32.1 Å². The van der Waals surface area contributed by atoms with Gasteiger partial charge in [0.2, 0.25) is 0 Å². The molecule has 0 aromatic heterocycles. The fourth-order valence-electron chi connectivity index (χ4n) is 2.62. The van der Waals surface area contributed by atoms with E-state index >= 15 is 0 Å². The Bertz CT molecular complexity index is 225. The van der Waals surface area contributed by atoms with E-state index in [-0.39, 0.29) is 6.61 Å². The first-order chi connectivity index (χ1) is 8.47. The van der Waals surface area contributed by atoms with Crippen molar-refractivity contribution in [2.45, 2.75) is 51.6 Å². The molecular formula is C13H24F3NO. The predicted molar refractivity (Wildman–Crippen MR) is 65.6 cm³/mol. The van der Waals surface area contributed by atoms with E-state index in [1.807, 2.05) is 0 Å². The first-order valence-corrected chi connectivity index (χ1v) is 6.83. The van der Waals surface area contributed by atoms with Crippen molar-refractivity contribution in [1.82, 2.24) is 5.32 Å². The highest BCUT2D eigenvalue weighted by molar-refractivity contribution is 4.85. The molecule has 18 heavy (non-hydrogen) atoms. The highest BCUT2D eigenvalue weighted by Gasteiger charge is 2.31. The number of rotatable bonds is 8. The minimum absolute atomic E-state index is 0.172. The summed E-state index contributed by atoms with van der Waals surface area (Å²) in [5, 5.41) is 3.36. The quantitative estimate of drug-likeness (QED) is 0.679. The van der Waals surface area contributed by atoms with Crippen LogP contribution in [0.3, 0.4) is 0 Å². The maximum Gasteiger partial charge on any atom is 0.411 e. The number of nitrogens with one attached hydrogen (secondary N) is 1. The van der Waals surface area contributed by atoms with Crippen molar-refractivity contribution in [3.8, 4) is 0 Å². The molecule has 0 radical (unpaired) electrons. The van der Waals surface area contributed by atoms with Crippen LogP contribution in [0.1, 0.15) is 45.4 Å². The zero-order valence-corrected chi connectivity index (χ0v) is 11.1. The molecule has 1 aliphatic carbocycles. The fraction of sp³-hybridized carbons (Fsp3) is 1.00. The van der Waals surface area contributed by atoms with Crippen molar-refractivity contribution in [2.24, 2.45) is 5.41 Å². The van der Waals surface area contributed by atoms with Crippen molar-refractivity contribution >= 4 is 0 Å². The molecule has 1 N–H and O–H groups in total. The highest BCUT2D eigenvalue weighted by atomic mass is 19.4. The Morgan fingerprint density at radius 2 is 1.89 bits per heavy atom. The lowest BCUT2D eigenvalue weighted by Gasteiger charge is -2.27. The van der Waals surface area contributed by atoms with Gasteiger partial charge in [-0.3, -0.25) is 0 Å². The molecule has 2 nitrogen and oxygen atoms in total. The molecule has 0 bridgehead atoms. The van der Waals surface area contributed by atoms with Crippen LogP contribution in [-0.2, 0) is 4.74 Å². The van der Waals surface area contributed by atoms with Crippen LogP contribution in [0.2, 0.25) is 0 Å². The normalized spacial score (nSPS) is 19.3. The Morgan fingerprint density at radius 1 is 1.22 bits per heavy atom. The zero-order chi connectivity index (χ0) is 13.5. The molecule has 0 heterocycles. The van der Waals surface area contributed by atoms with Gasteiger partial charge in [-0.2, -0.15) is 13.2 Å². The van der Waals surface area contributed by atoms with Gasteiger partial charge in [0.05, 0.1) is 0 Å². The molecule has 0 aromatic rings. The molecule has 0 unspecified atom stereocenters. The summed E-state index contributed by atoms with van der Waals surface area (Å²) in [6.07, 6.45) is 2.79. The van der Waals surface area contributed by atoms with E-state index in [9.17, 15) is 13.2 Å². The maximum absolute atomic E-state index is 11.8. The van der Waals surface area contributed by atoms with Gasteiger partial charge in [0.1, 0.15) is 6.61 Å². The lowest BCUT2D eigenvalue weighted by atomic mass is 9.83. The van der Waals surface area contributed by atoms with Gasteiger partial charge in [0, 0.05) is 13.2 Å². The molecular weight excluding hydrogens is 243 g/mol. The van der Waals surface area contributed by atoms with Gasteiger partial charge in [-0.25, -0.2) is 0 Å². The molecule has 0 atom stereocenters. The van der Waals surface area contributed by atoms with Crippen molar-refractivity contribution in [3.05, 3.63) is 0 Å². The van der Waals surface area contributed by atoms with Gasteiger partial charge in [-0.1, -0.05) is 19.8 Å². The van der Waals surface area contributed by atoms with Gasteiger partial charge >= 0.3 is 6.18 Å². The van der Waals surface area contributed by atoms with E-state index in [0.29, 0.717) is 11.8 Å². The summed E-state index contributed by atoms with van der Waals surface area (Å²) in [5.74, 6) is 0. The third-order valence-corrected chi connectivity index (χ3v) is 3.82. The zero-order valence-electron chi connectivity index (χ0n) is 11.1. The Labute approximate surface area is 107 Å². The molecule has 0 aliphatic heterocycles. The van der Waals surface area contributed by atoms with Crippen molar-refractivity contribution in [1.29, 1.82) is 0 Å². The molecule has 108 valence electrons. The summed E-state index contributed by atoms with van der Waals surface area (Å²) in [7, 11) is 0. The van der Waals surface area contributed by atoms with E-state index in [1.54, 1.807) is 0 Å². The van der Waals surface area contributed by atoms with E-state index in [2.05, 4.69) is 17.0 Å². The van der Waals surface area contributed by atoms with Gasteiger partial charge in [0.15, 0.2) is 0 Å². The number of hydrogen-bond donors (Lipinski definition) is 1. The second-order valence-corrected chi connectivity index (χ2v) is 5.26. The SMILES string of the molecule is CCC1(CNCCCOCC(F)(F)F)CCCC1. The number of ether oxygens (including phenoxy) is 1.